The molecule has 0 radical (unpaired) electrons. The number of hydrogen-bond acceptors (Lipinski definition) is 5. The van der Waals surface area contributed by atoms with Gasteiger partial charge < -0.3 is 15.7 Å². The Morgan fingerprint density at radius 2 is 1.86 bits per heavy atom. The molecule has 1 heterocycles. The first-order valence-electron chi connectivity index (χ1n) is 6.98. The number of aliphatic hydroxyl groups excluding tert-OH is 1. The van der Waals surface area contributed by atoms with Crippen molar-refractivity contribution in [3.63, 3.8) is 0 Å². The molecule has 8 heteroatoms. The highest BCUT2D eigenvalue weighted by Crippen LogP contribution is 2.34. The molecule has 1 fully saturated rings. The fourth-order valence-electron chi connectivity index (χ4n) is 2.56. The fraction of sp³-hybridized carbons (Fsp3) is 0.692. The van der Waals surface area contributed by atoms with E-state index in [4.69, 9.17) is 0 Å². The maximum Gasteiger partial charge on any atom is 0.451 e. The minimum absolute atomic E-state index is 0.0872. The second kappa shape index (κ2) is 6.05. The van der Waals surface area contributed by atoms with Gasteiger partial charge >= 0.3 is 6.18 Å². The zero-order chi connectivity index (χ0) is 15.5. The summed E-state index contributed by atoms with van der Waals surface area (Å²) in [5.41, 5.74) is -0.583. The van der Waals surface area contributed by atoms with Gasteiger partial charge in [-0.25, -0.2) is 9.97 Å². The molecule has 21 heavy (non-hydrogen) atoms. The van der Waals surface area contributed by atoms with Crippen molar-refractivity contribution in [3.05, 3.63) is 11.9 Å². The van der Waals surface area contributed by atoms with E-state index in [0.717, 1.165) is 12.8 Å². The van der Waals surface area contributed by atoms with Crippen molar-refractivity contribution in [1.29, 1.82) is 0 Å². The van der Waals surface area contributed by atoms with E-state index >= 15 is 0 Å². The lowest BCUT2D eigenvalue weighted by molar-refractivity contribution is -0.144. The Bertz CT molecular complexity index is 487. The summed E-state index contributed by atoms with van der Waals surface area (Å²) in [7, 11) is 0. The quantitative estimate of drug-likeness (QED) is 0.780. The molecule has 0 unspecified atom stereocenters. The average Bonchev–Trinajstić information content (AvgIpc) is 2.87. The molecule has 5 nitrogen and oxygen atoms in total. The second-order valence-corrected chi connectivity index (χ2v) is 5.26. The van der Waals surface area contributed by atoms with E-state index in [1.54, 1.807) is 6.92 Å². The van der Waals surface area contributed by atoms with Crippen LogP contribution in [0.15, 0.2) is 6.07 Å². The summed E-state index contributed by atoms with van der Waals surface area (Å²) in [4.78, 5) is 7.01. The van der Waals surface area contributed by atoms with Crippen LogP contribution in [0.1, 0.15) is 38.4 Å². The van der Waals surface area contributed by atoms with Crippen LogP contribution in [-0.2, 0) is 6.18 Å². The van der Waals surface area contributed by atoms with E-state index in [9.17, 15) is 18.3 Å². The molecule has 0 spiro atoms. The lowest BCUT2D eigenvalue weighted by atomic mass is 9.99. The summed E-state index contributed by atoms with van der Waals surface area (Å²) in [6, 6.07) is 1.44. The number of aliphatic hydroxyl groups is 1. The molecule has 1 aliphatic carbocycles. The Balaban J connectivity index is 2.31. The van der Waals surface area contributed by atoms with Gasteiger partial charge in [0.1, 0.15) is 11.6 Å². The molecule has 1 aromatic heterocycles. The molecule has 0 saturated heterocycles. The monoisotopic (exact) mass is 304 g/mol. The van der Waals surface area contributed by atoms with E-state index in [-0.39, 0.29) is 18.2 Å². The van der Waals surface area contributed by atoms with E-state index in [2.05, 4.69) is 20.6 Å². The molecule has 1 saturated carbocycles. The van der Waals surface area contributed by atoms with Crippen molar-refractivity contribution in [3.8, 4) is 0 Å². The number of nitrogens with zero attached hydrogens (tertiary/aromatic N) is 2. The average molecular weight is 304 g/mol. The van der Waals surface area contributed by atoms with Crippen molar-refractivity contribution >= 4 is 11.6 Å². The number of hydrogen-bond donors (Lipinski definition) is 3. The van der Waals surface area contributed by atoms with Crippen molar-refractivity contribution < 1.29 is 18.3 Å². The van der Waals surface area contributed by atoms with Gasteiger partial charge in [-0.05, 0) is 19.8 Å². The van der Waals surface area contributed by atoms with Crippen LogP contribution in [0.2, 0.25) is 0 Å². The van der Waals surface area contributed by atoms with Crippen LogP contribution in [-0.4, -0.2) is 33.8 Å². The number of rotatable bonds is 5. The van der Waals surface area contributed by atoms with Crippen LogP contribution in [0.5, 0.6) is 0 Å². The zero-order valence-corrected chi connectivity index (χ0v) is 11.8. The number of nitrogens with one attached hydrogen (secondary N) is 2. The van der Waals surface area contributed by atoms with Crippen LogP contribution >= 0.6 is 0 Å². The molecule has 0 atom stereocenters. The third-order valence-electron chi connectivity index (χ3n) is 3.59. The highest BCUT2D eigenvalue weighted by Gasteiger charge is 2.37. The molecule has 0 aromatic carbocycles. The molecular formula is C13H19F3N4O. The molecule has 0 amide bonds. The predicted molar refractivity (Wildman–Crippen MR) is 73.1 cm³/mol. The number of alkyl halides is 3. The van der Waals surface area contributed by atoms with E-state index < -0.39 is 17.5 Å². The highest BCUT2D eigenvalue weighted by atomic mass is 19.4. The number of halogens is 3. The zero-order valence-electron chi connectivity index (χ0n) is 11.8. The fourth-order valence-corrected chi connectivity index (χ4v) is 2.56. The molecule has 118 valence electrons. The van der Waals surface area contributed by atoms with Gasteiger partial charge in [0.05, 0.1) is 12.1 Å². The van der Waals surface area contributed by atoms with Crippen LogP contribution in [0.3, 0.4) is 0 Å². The largest absolute Gasteiger partial charge is 0.451 e. The van der Waals surface area contributed by atoms with Gasteiger partial charge in [-0.15, -0.1) is 0 Å². The van der Waals surface area contributed by atoms with Crippen molar-refractivity contribution in [2.24, 2.45) is 0 Å². The van der Waals surface area contributed by atoms with Gasteiger partial charge in [-0.3, -0.25) is 0 Å². The summed E-state index contributed by atoms with van der Waals surface area (Å²) in [6.07, 6.45) is -1.31. The first-order valence-corrected chi connectivity index (χ1v) is 6.98. The maximum absolute atomic E-state index is 12.8. The molecule has 0 bridgehead atoms. The van der Waals surface area contributed by atoms with Crippen LogP contribution in [0.25, 0.3) is 0 Å². The van der Waals surface area contributed by atoms with Crippen molar-refractivity contribution in [2.75, 3.05) is 23.8 Å². The lowest BCUT2D eigenvalue weighted by Crippen LogP contribution is -2.39. The standard InChI is InChI=1S/C13H19F3N4O/c1-2-17-9-7-10(19-11(18-9)13(14,15)16)20-12(8-21)5-3-4-6-12/h7,21H,2-6,8H2,1H3,(H2,17,18,19,20). The Morgan fingerprint density at radius 3 is 2.38 bits per heavy atom. The summed E-state index contributed by atoms with van der Waals surface area (Å²) in [5.74, 6) is -0.979. The minimum Gasteiger partial charge on any atom is -0.394 e. The van der Waals surface area contributed by atoms with Crippen LogP contribution < -0.4 is 10.6 Å². The van der Waals surface area contributed by atoms with Crippen LogP contribution in [0.4, 0.5) is 24.8 Å². The molecular weight excluding hydrogens is 285 g/mol. The summed E-state index contributed by atoms with van der Waals surface area (Å²) < 4.78 is 38.5. The van der Waals surface area contributed by atoms with Crippen LogP contribution in [0, 0.1) is 0 Å². The summed E-state index contributed by atoms with van der Waals surface area (Å²) in [6.45, 7) is 2.10. The van der Waals surface area contributed by atoms with E-state index in [1.807, 2.05) is 0 Å². The maximum atomic E-state index is 12.8. The molecule has 1 aliphatic rings. The second-order valence-electron chi connectivity index (χ2n) is 5.26. The highest BCUT2D eigenvalue weighted by molar-refractivity contribution is 5.49. The molecule has 1 aromatic rings. The smallest absolute Gasteiger partial charge is 0.394 e. The topological polar surface area (TPSA) is 70.1 Å². The van der Waals surface area contributed by atoms with Gasteiger partial charge in [-0.2, -0.15) is 13.2 Å². The van der Waals surface area contributed by atoms with Gasteiger partial charge in [0.2, 0.25) is 5.82 Å². The number of anilines is 2. The minimum atomic E-state index is -4.61. The van der Waals surface area contributed by atoms with E-state index in [0.29, 0.717) is 19.4 Å². The SMILES string of the molecule is CCNc1cc(NC2(CO)CCCC2)nc(C(F)(F)F)n1. The van der Waals surface area contributed by atoms with Crippen molar-refractivity contribution in [2.45, 2.75) is 44.3 Å². The van der Waals surface area contributed by atoms with E-state index in [1.165, 1.54) is 6.07 Å². The molecule has 0 aliphatic heterocycles. The van der Waals surface area contributed by atoms with Gasteiger partial charge in [0.25, 0.3) is 0 Å². The Morgan fingerprint density at radius 1 is 1.24 bits per heavy atom. The molecule has 2 rings (SSSR count). The van der Waals surface area contributed by atoms with Crippen molar-refractivity contribution in [1.82, 2.24) is 9.97 Å². The third kappa shape index (κ3) is 3.75. The Kier molecular flexibility index (Phi) is 4.55. The third-order valence-corrected chi connectivity index (χ3v) is 3.59. The normalized spacial score (nSPS) is 17.8. The lowest BCUT2D eigenvalue weighted by Gasteiger charge is -2.29. The van der Waals surface area contributed by atoms with Gasteiger partial charge in [-0.1, -0.05) is 12.8 Å². The first-order chi connectivity index (χ1) is 9.88. The van der Waals surface area contributed by atoms with Gasteiger partial charge in [0, 0.05) is 12.6 Å². The first kappa shape index (κ1) is 15.8. The summed E-state index contributed by atoms with van der Waals surface area (Å²) in [5, 5.41) is 15.3. The Hall–Kier alpha value is -1.57. The molecule has 3 N–H and O–H groups in total. The summed E-state index contributed by atoms with van der Waals surface area (Å²) >= 11 is 0. The Labute approximate surface area is 121 Å². The number of aromatic nitrogens is 2. The predicted octanol–water partition coefficient (Wildman–Crippen LogP) is 2.64. The van der Waals surface area contributed by atoms with Gasteiger partial charge in [0.15, 0.2) is 0 Å².